The van der Waals surface area contributed by atoms with Gasteiger partial charge in [0.05, 0.1) is 22.2 Å². The Morgan fingerprint density at radius 1 is 1.05 bits per heavy atom. The van der Waals surface area contributed by atoms with E-state index < -0.39 is 28.5 Å². The third kappa shape index (κ3) is 7.94. The van der Waals surface area contributed by atoms with E-state index in [1.54, 1.807) is 49.4 Å². The Labute approximate surface area is 259 Å². The fourth-order valence-electron chi connectivity index (χ4n) is 4.01. The smallest absolute Gasteiger partial charge is 0.264 e. The van der Waals surface area contributed by atoms with Crippen LogP contribution in [0.1, 0.15) is 31.4 Å². The molecule has 3 aromatic rings. The fourth-order valence-corrected chi connectivity index (χ4v) is 6.66. The Hall–Kier alpha value is -2.79. The molecule has 3 aromatic carbocycles. The Morgan fingerprint density at radius 2 is 1.68 bits per heavy atom. The van der Waals surface area contributed by atoms with E-state index in [9.17, 15) is 18.0 Å². The first-order valence-corrected chi connectivity index (χ1v) is 15.8. The van der Waals surface area contributed by atoms with Crippen LogP contribution in [0, 0.1) is 6.92 Å². The van der Waals surface area contributed by atoms with E-state index >= 15 is 0 Å². The number of halogens is 3. The van der Waals surface area contributed by atoms with Crippen molar-refractivity contribution in [2.24, 2.45) is 0 Å². The second-order valence-corrected chi connectivity index (χ2v) is 12.9. The first-order chi connectivity index (χ1) is 19.4. The zero-order chi connectivity index (χ0) is 30.3. The molecule has 0 heterocycles. The van der Waals surface area contributed by atoms with Crippen LogP contribution in [0.2, 0.25) is 10.0 Å². The summed E-state index contributed by atoms with van der Waals surface area (Å²) in [7, 11) is -2.77. The standard InChI is InChI=1S/C29H32BrCl2N3O5S/c1-5-15-33-29(37)20(3)34(17-23-25(31)7-6-8-26(23)32)28(36)18-35(21-11-9-19(2)10-12-21)41(38,39)22-13-14-27(40-4)24(30)16-22/h6-14,16,20H,5,15,17-18H2,1-4H3,(H,33,37)/t20-/m1/s1. The zero-order valence-electron chi connectivity index (χ0n) is 23.2. The van der Waals surface area contributed by atoms with Crippen LogP contribution in [0.5, 0.6) is 5.75 Å². The number of amides is 2. The van der Waals surface area contributed by atoms with Crippen molar-refractivity contribution in [1.82, 2.24) is 10.2 Å². The Kier molecular flexibility index (Phi) is 11.5. The molecule has 12 heteroatoms. The molecular weight excluding hydrogens is 653 g/mol. The molecule has 0 aliphatic heterocycles. The lowest BCUT2D eigenvalue weighted by Crippen LogP contribution is -2.51. The van der Waals surface area contributed by atoms with Crippen LogP contribution >= 0.6 is 39.1 Å². The van der Waals surface area contributed by atoms with Gasteiger partial charge in [0.1, 0.15) is 18.3 Å². The number of sulfonamides is 1. The molecular formula is C29H32BrCl2N3O5S. The molecule has 220 valence electrons. The summed E-state index contributed by atoms with van der Waals surface area (Å²) in [6.07, 6.45) is 0.708. The summed E-state index contributed by atoms with van der Waals surface area (Å²) in [6.45, 7) is 5.11. The average molecular weight is 685 g/mol. The maximum Gasteiger partial charge on any atom is 0.264 e. The predicted octanol–water partition coefficient (Wildman–Crippen LogP) is 6.21. The van der Waals surface area contributed by atoms with Gasteiger partial charge >= 0.3 is 0 Å². The molecule has 0 aliphatic carbocycles. The minimum absolute atomic E-state index is 0.0482. The molecule has 0 saturated heterocycles. The summed E-state index contributed by atoms with van der Waals surface area (Å²) in [5.74, 6) is -0.541. The van der Waals surface area contributed by atoms with Gasteiger partial charge < -0.3 is 15.0 Å². The van der Waals surface area contributed by atoms with Crippen LogP contribution in [-0.4, -0.2) is 51.4 Å². The fraction of sp³-hybridized carbons (Fsp3) is 0.310. The quantitative estimate of drug-likeness (QED) is 0.245. The number of carbonyl (C=O) groups excluding carboxylic acids is 2. The maximum atomic E-state index is 14.0. The van der Waals surface area contributed by atoms with E-state index in [0.29, 0.717) is 38.8 Å². The number of aryl methyl sites for hydroxylation is 1. The monoisotopic (exact) mass is 683 g/mol. The number of carbonyl (C=O) groups is 2. The van der Waals surface area contributed by atoms with Crippen molar-refractivity contribution in [3.8, 4) is 5.75 Å². The van der Waals surface area contributed by atoms with E-state index in [1.165, 1.54) is 30.2 Å². The highest BCUT2D eigenvalue weighted by molar-refractivity contribution is 9.10. The first-order valence-electron chi connectivity index (χ1n) is 12.8. The van der Waals surface area contributed by atoms with Crippen molar-refractivity contribution in [2.75, 3.05) is 24.5 Å². The molecule has 0 fully saturated rings. The normalized spacial score (nSPS) is 12.0. The highest BCUT2D eigenvalue weighted by Crippen LogP contribution is 2.32. The second-order valence-electron chi connectivity index (χ2n) is 9.33. The van der Waals surface area contributed by atoms with Crippen molar-refractivity contribution >= 4 is 66.7 Å². The lowest BCUT2D eigenvalue weighted by Gasteiger charge is -2.32. The van der Waals surface area contributed by atoms with Crippen LogP contribution in [0.3, 0.4) is 0 Å². The Bertz CT molecular complexity index is 1480. The van der Waals surface area contributed by atoms with Gasteiger partial charge in [-0.25, -0.2) is 8.42 Å². The van der Waals surface area contributed by atoms with E-state index in [0.717, 1.165) is 9.87 Å². The number of methoxy groups -OCH3 is 1. The molecule has 1 atom stereocenters. The molecule has 8 nitrogen and oxygen atoms in total. The van der Waals surface area contributed by atoms with Gasteiger partial charge in [-0.05, 0) is 78.7 Å². The minimum Gasteiger partial charge on any atom is -0.496 e. The lowest BCUT2D eigenvalue weighted by molar-refractivity contribution is -0.139. The van der Waals surface area contributed by atoms with Crippen LogP contribution in [0.25, 0.3) is 0 Å². The Balaban J connectivity index is 2.08. The number of rotatable bonds is 12. The summed E-state index contributed by atoms with van der Waals surface area (Å²) in [5.41, 5.74) is 1.65. The lowest BCUT2D eigenvalue weighted by atomic mass is 10.1. The van der Waals surface area contributed by atoms with Crippen molar-refractivity contribution in [2.45, 2.75) is 44.7 Å². The highest BCUT2D eigenvalue weighted by Gasteiger charge is 2.33. The van der Waals surface area contributed by atoms with E-state index in [1.807, 2.05) is 13.8 Å². The van der Waals surface area contributed by atoms with Crippen molar-refractivity contribution in [3.63, 3.8) is 0 Å². The predicted molar refractivity (Wildman–Crippen MR) is 166 cm³/mol. The third-order valence-electron chi connectivity index (χ3n) is 6.42. The van der Waals surface area contributed by atoms with Crippen LogP contribution in [0.4, 0.5) is 5.69 Å². The molecule has 41 heavy (non-hydrogen) atoms. The van der Waals surface area contributed by atoms with Gasteiger partial charge in [0.25, 0.3) is 10.0 Å². The summed E-state index contributed by atoms with van der Waals surface area (Å²) >= 11 is 16.2. The van der Waals surface area contributed by atoms with Gasteiger partial charge in [-0.2, -0.15) is 0 Å². The average Bonchev–Trinajstić information content (AvgIpc) is 2.94. The van der Waals surface area contributed by atoms with E-state index in [4.69, 9.17) is 27.9 Å². The first kappa shape index (κ1) is 32.7. The molecule has 0 bridgehead atoms. The van der Waals surface area contributed by atoms with Gasteiger partial charge in [0.2, 0.25) is 11.8 Å². The highest BCUT2D eigenvalue weighted by atomic mass is 79.9. The molecule has 0 saturated carbocycles. The topological polar surface area (TPSA) is 96.0 Å². The minimum atomic E-state index is -4.24. The number of nitrogens with one attached hydrogen (secondary N) is 1. The van der Waals surface area contributed by atoms with Gasteiger partial charge in [-0.15, -0.1) is 0 Å². The van der Waals surface area contributed by atoms with Crippen molar-refractivity contribution < 1.29 is 22.7 Å². The number of hydrogen-bond donors (Lipinski definition) is 1. The van der Waals surface area contributed by atoms with E-state index in [2.05, 4.69) is 21.2 Å². The van der Waals surface area contributed by atoms with E-state index in [-0.39, 0.29) is 23.0 Å². The number of nitrogens with zero attached hydrogens (tertiary/aromatic N) is 2. The Morgan fingerprint density at radius 3 is 2.24 bits per heavy atom. The third-order valence-corrected chi connectivity index (χ3v) is 9.52. The number of anilines is 1. The summed E-state index contributed by atoms with van der Waals surface area (Å²) in [4.78, 5) is 28.3. The van der Waals surface area contributed by atoms with Crippen molar-refractivity contribution in [1.29, 1.82) is 0 Å². The van der Waals surface area contributed by atoms with Gasteiger partial charge in [0, 0.05) is 28.7 Å². The maximum absolute atomic E-state index is 14.0. The number of hydrogen-bond acceptors (Lipinski definition) is 5. The molecule has 3 rings (SSSR count). The zero-order valence-corrected chi connectivity index (χ0v) is 27.1. The summed E-state index contributed by atoms with van der Waals surface area (Å²) in [5, 5.41) is 3.44. The van der Waals surface area contributed by atoms with Crippen LogP contribution in [-0.2, 0) is 26.2 Å². The second kappa shape index (κ2) is 14.4. The molecule has 0 spiro atoms. The van der Waals surface area contributed by atoms with Crippen LogP contribution in [0.15, 0.2) is 70.0 Å². The van der Waals surface area contributed by atoms with Gasteiger partial charge in [0.15, 0.2) is 0 Å². The molecule has 0 aromatic heterocycles. The van der Waals surface area contributed by atoms with Crippen LogP contribution < -0.4 is 14.4 Å². The van der Waals surface area contributed by atoms with Crippen molar-refractivity contribution in [3.05, 3.63) is 86.3 Å². The molecule has 2 amide bonds. The molecule has 0 unspecified atom stereocenters. The largest absolute Gasteiger partial charge is 0.496 e. The summed E-state index contributed by atoms with van der Waals surface area (Å²) < 4.78 is 34.7. The van der Waals surface area contributed by atoms with Gasteiger partial charge in [-0.1, -0.05) is 53.9 Å². The summed E-state index contributed by atoms with van der Waals surface area (Å²) in [6, 6.07) is 15.1. The molecule has 0 aliphatic rings. The SMILES string of the molecule is CCCNC(=O)[C@@H](C)N(Cc1c(Cl)cccc1Cl)C(=O)CN(c1ccc(C)cc1)S(=O)(=O)c1ccc(OC)c(Br)c1. The number of ether oxygens (including phenoxy) is 1. The van der Waals surface area contributed by atoms with Gasteiger partial charge in [-0.3, -0.25) is 13.9 Å². The molecule has 1 N–H and O–H groups in total. The number of benzene rings is 3. The molecule has 0 radical (unpaired) electrons.